The first-order chi connectivity index (χ1) is 9.77. The van der Waals surface area contributed by atoms with E-state index in [0.717, 1.165) is 19.6 Å². The minimum Gasteiger partial charge on any atom is -0.329 e. The van der Waals surface area contributed by atoms with Crippen LogP contribution in [0.4, 0.5) is 13.2 Å². The molecule has 1 heterocycles. The first-order valence-corrected chi connectivity index (χ1v) is 7.93. The molecule has 0 radical (unpaired) electrons. The third kappa shape index (κ3) is 3.90. The van der Waals surface area contributed by atoms with Gasteiger partial charge in [-0.3, -0.25) is 4.90 Å². The van der Waals surface area contributed by atoms with Gasteiger partial charge in [-0.25, -0.2) is 0 Å². The standard InChI is InChI=1S/C15H28F3N3/c1-20-8-5-12(9-20)10-21(2)14(11-19)6-3-13(4-7-14)15(16,17)18/h12-13H,3-11,19H2,1-2H3. The Morgan fingerprint density at radius 1 is 1.24 bits per heavy atom. The maximum atomic E-state index is 12.8. The van der Waals surface area contributed by atoms with E-state index in [2.05, 4.69) is 16.8 Å². The monoisotopic (exact) mass is 307 g/mol. The lowest BCUT2D eigenvalue weighted by Crippen LogP contribution is -2.56. The summed E-state index contributed by atoms with van der Waals surface area (Å²) in [7, 11) is 4.16. The molecule has 2 N–H and O–H groups in total. The van der Waals surface area contributed by atoms with Crippen LogP contribution in [0.25, 0.3) is 0 Å². The zero-order valence-electron chi connectivity index (χ0n) is 13.1. The van der Waals surface area contributed by atoms with Gasteiger partial charge in [0.05, 0.1) is 5.92 Å². The molecule has 0 aromatic rings. The molecule has 1 aliphatic heterocycles. The van der Waals surface area contributed by atoms with E-state index in [9.17, 15) is 13.2 Å². The molecule has 2 rings (SSSR count). The van der Waals surface area contributed by atoms with Crippen molar-refractivity contribution in [3.63, 3.8) is 0 Å². The van der Waals surface area contributed by atoms with Gasteiger partial charge < -0.3 is 10.6 Å². The van der Waals surface area contributed by atoms with Crippen LogP contribution in [0, 0.1) is 11.8 Å². The molecule has 6 heteroatoms. The molecule has 1 aliphatic carbocycles. The molecule has 0 aromatic heterocycles. The first kappa shape index (κ1) is 17.0. The molecule has 0 amide bonds. The molecular formula is C15H28F3N3. The zero-order chi connectivity index (χ0) is 15.7. The van der Waals surface area contributed by atoms with Crippen molar-refractivity contribution in [1.29, 1.82) is 0 Å². The van der Waals surface area contributed by atoms with Crippen LogP contribution in [0.1, 0.15) is 32.1 Å². The first-order valence-electron chi connectivity index (χ1n) is 7.93. The molecule has 1 atom stereocenters. The van der Waals surface area contributed by atoms with E-state index in [-0.39, 0.29) is 18.4 Å². The summed E-state index contributed by atoms with van der Waals surface area (Å²) in [6, 6.07) is 0. The molecule has 2 fully saturated rings. The summed E-state index contributed by atoms with van der Waals surface area (Å²) in [5.41, 5.74) is 5.73. The maximum Gasteiger partial charge on any atom is 0.391 e. The van der Waals surface area contributed by atoms with Crippen LogP contribution in [0.3, 0.4) is 0 Å². The fourth-order valence-corrected chi connectivity index (χ4v) is 3.98. The molecule has 21 heavy (non-hydrogen) atoms. The number of hydrogen-bond acceptors (Lipinski definition) is 3. The van der Waals surface area contributed by atoms with E-state index in [0.29, 0.717) is 25.3 Å². The van der Waals surface area contributed by atoms with Crippen LogP contribution >= 0.6 is 0 Å². The summed E-state index contributed by atoms with van der Waals surface area (Å²) in [4.78, 5) is 4.57. The summed E-state index contributed by atoms with van der Waals surface area (Å²) in [5.74, 6) is -0.521. The molecule has 124 valence electrons. The molecule has 0 spiro atoms. The highest BCUT2D eigenvalue weighted by Crippen LogP contribution is 2.43. The Morgan fingerprint density at radius 2 is 1.86 bits per heavy atom. The van der Waals surface area contributed by atoms with Gasteiger partial charge in [-0.15, -0.1) is 0 Å². The van der Waals surface area contributed by atoms with Crippen LogP contribution in [-0.2, 0) is 0 Å². The molecule has 2 aliphatic rings. The van der Waals surface area contributed by atoms with Crippen LogP contribution in [0.15, 0.2) is 0 Å². The van der Waals surface area contributed by atoms with E-state index < -0.39 is 12.1 Å². The third-order valence-corrected chi connectivity index (χ3v) is 5.59. The number of likely N-dealkylation sites (N-methyl/N-ethyl adjacent to an activating group) is 1. The Labute approximate surface area is 125 Å². The van der Waals surface area contributed by atoms with Gasteiger partial charge in [0.2, 0.25) is 0 Å². The number of nitrogens with zero attached hydrogens (tertiary/aromatic N) is 2. The van der Waals surface area contributed by atoms with Crippen molar-refractivity contribution in [2.24, 2.45) is 17.6 Å². The second-order valence-electron chi connectivity index (χ2n) is 7.04. The predicted molar refractivity (Wildman–Crippen MR) is 78.0 cm³/mol. The van der Waals surface area contributed by atoms with Gasteiger partial charge in [0.1, 0.15) is 0 Å². The highest BCUT2D eigenvalue weighted by molar-refractivity contribution is 4.97. The topological polar surface area (TPSA) is 32.5 Å². The Morgan fingerprint density at radius 3 is 2.29 bits per heavy atom. The summed E-state index contributed by atoms with van der Waals surface area (Å²) in [6.45, 7) is 3.59. The van der Waals surface area contributed by atoms with E-state index in [1.165, 1.54) is 6.42 Å². The van der Waals surface area contributed by atoms with Gasteiger partial charge in [0, 0.05) is 25.2 Å². The fraction of sp³-hybridized carbons (Fsp3) is 1.00. The summed E-state index contributed by atoms with van der Waals surface area (Å²) in [6.07, 6.45) is -1.31. The van der Waals surface area contributed by atoms with Crippen molar-refractivity contribution < 1.29 is 13.2 Å². The second-order valence-corrected chi connectivity index (χ2v) is 7.04. The van der Waals surface area contributed by atoms with Crippen LogP contribution in [0.5, 0.6) is 0 Å². The minimum absolute atomic E-state index is 0.218. The Kier molecular flexibility index (Phi) is 5.21. The smallest absolute Gasteiger partial charge is 0.329 e. The molecule has 3 nitrogen and oxygen atoms in total. The van der Waals surface area contributed by atoms with Crippen LogP contribution in [0.2, 0.25) is 0 Å². The largest absolute Gasteiger partial charge is 0.391 e. The number of nitrogens with two attached hydrogens (primary N) is 1. The highest BCUT2D eigenvalue weighted by Gasteiger charge is 2.47. The summed E-state index contributed by atoms with van der Waals surface area (Å²) in [5, 5.41) is 0. The molecule has 1 unspecified atom stereocenters. The Balaban J connectivity index is 1.92. The minimum atomic E-state index is -4.05. The maximum absolute atomic E-state index is 12.8. The average molecular weight is 307 g/mol. The van der Waals surface area contributed by atoms with Gasteiger partial charge in [-0.05, 0) is 58.7 Å². The van der Waals surface area contributed by atoms with Gasteiger partial charge in [-0.1, -0.05) is 0 Å². The lowest BCUT2D eigenvalue weighted by atomic mass is 9.75. The Hall–Kier alpha value is -0.330. The Bertz CT molecular complexity index is 338. The van der Waals surface area contributed by atoms with Gasteiger partial charge >= 0.3 is 6.18 Å². The predicted octanol–water partition coefficient (Wildman–Crippen LogP) is 2.32. The van der Waals surface area contributed by atoms with Crippen molar-refractivity contribution in [1.82, 2.24) is 9.80 Å². The third-order valence-electron chi connectivity index (χ3n) is 5.59. The average Bonchev–Trinajstić information content (AvgIpc) is 2.83. The second kappa shape index (κ2) is 6.42. The number of hydrogen-bond donors (Lipinski definition) is 1. The molecular weight excluding hydrogens is 279 g/mol. The molecule has 0 bridgehead atoms. The van der Waals surface area contributed by atoms with E-state index in [1.807, 2.05) is 7.05 Å². The van der Waals surface area contributed by atoms with Crippen molar-refractivity contribution >= 4 is 0 Å². The number of halogens is 3. The molecule has 0 aromatic carbocycles. The summed E-state index contributed by atoms with van der Waals surface area (Å²) >= 11 is 0. The van der Waals surface area contributed by atoms with E-state index >= 15 is 0 Å². The summed E-state index contributed by atoms with van der Waals surface area (Å²) < 4.78 is 38.5. The van der Waals surface area contributed by atoms with Gasteiger partial charge in [0.15, 0.2) is 0 Å². The number of alkyl halides is 3. The van der Waals surface area contributed by atoms with Gasteiger partial charge in [-0.2, -0.15) is 13.2 Å². The lowest BCUT2D eigenvalue weighted by Gasteiger charge is -2.47. The van der Waals surface area contributed by atoms with Gasteiger partial charge in [0.25, 0.3) is 0 Å². The lowest BCUT2D eigenvalue weighted by molar-refractivity contribution is -0.188. The van der Waals surface area contributed by atoms with Crippen LogP contribution in [-0.4, -0.2) is 61.8 Å². The SMILES string of the molecule is CN1CCC(CN(C)C2(CN)CCC(C(F)(F)F)CC2)C1. The zero-order valence-corrected chi connectivity index (χ0v) is 13.1. The van der Waals surface area contributed by atoms with Crippen LogP contribution < -0.4 is 5.73 Å². The quantitative estimate of drug-likeness (QED) is 0.865. The molecule has 1 saturated carbocycles. The van der Waals surface area contributed by atoms with Crippen molar-refractivity contribution in [2.45, 2.75) is 43.8 Å². The van der Waals surface area contributed by atoms with Crippen molar-refractivity contribution in [3.8, 4) is 0 Å². The van der Waals surface area contributed by atoms with Crippen molar-refractivity contribution in [2.75, 3.05) is 40.3 Å². The van der Waals surface area contributed by atoms with E-state index in [1.54, 1.807) is 0 Å². The molecule has 1 saturated heterocycles. The number of rotatable bonds is 4. The van der Waals surface area contributed by atoms with Crippen molar-refractivity contribution in [3.05, 3.63) is 0 Å². The fourth-order valence-electron chi connectivity index (χ4n) is 3.98. The normalized spacial score (nSPS) is 35.6. The van der Waals surface area contributed by atoms with E-state index in [4.69, 9.17) is 5.73 Å². The highest BCUT2D eigenvalue weighted by atomic mass is 19.4. The number of likely N-dealkylation sites (tertiary alicyclic amines) is 1.